The van der Waals surface area contributed by atoms with E-state index in [4.69, 9.17) is 10.00 Å². The van der Waals surface area contributed by atoms with E-state index in [0.717, 1.165) is 12.8 Å². The van der Waals surface area contributed by atoms with Crippen molar-refractivity contribution in [2.24, 2.45) is 0 Å². The number of hydrogen-bond donors (Lipinski definition) is 2. The standard InChI is InChI=1S/C20H19N3O3/c1-13(26-18-5-3-2-4-15(18)12-21)19(24)22-16-8-6-14(7-9-16)20(25)23-17-10-11-17/h2-9,13,17H,10-11H2,1H3,(H,22,24)(H,23,25). The lowest BCUT2D eigenvalue weighted by Gasteiger charge is -2.15. The van der Waals surface area contributed by atoms with Crippen molar-refractivity contribution in [2.45, 2.75) is 31.9 Å². The number of hydrogen-bond acceptors (Lipinski definition) is 4. The van der Waals surface area contributed by atoms with Gasteiger partial charge < -0.3 is 15.4 Å². The zero-order chi connectivity index (χ0) is 18.5. The Morgan fingerprint density at radius 3 is 2.50 bits per heavy atom. The van der Waals surface area contributed by atoms with E-state index in [-0.39, 0.29) is 11.8 Å². The van der Waals surface area contributed by atoms with Crippen molar-refractivity contribution in [3.8, 4) is 11.8 Å². The minimum absolute atomic E-state index is 0.102. The lowest BCUT2D eigenvalue weighted by Crippen LogP contribution is -2.30. The summed E-state index contributed by atoms with van der Waals surface area (Å²) in [7, 11) is 0. The van der Waals surface area contributed by atoms with Crippen LogP contribution in [0.25, 0.3) is 0 Å². The molecule has 6 nitrogen and oxygen atoms in total. The fourth-order valence-corrected chi connectivity index (χ4v) is 2.35. The average molecular weight is 349 g/mol. The van der Waals surface area contributed by atoms with Crippen LogP contribution in [0.3, 0.4) is 0 Å². The summed E-state index contributed by atoms with van der Waals surface area (Å²) >= 11 is 0. The smallest absolute Gasteiger partial charge is 0.265 e. The molecule has 2 aromatic carbocycles. The van der Waals surface area contributed by atoms with E-state index in [1.54, 1.807) is 55.5 Å². The van der Waals surface area contributed by atoms with Gasteiger partial charge >= 0.3 is 0 Å². The molecular weight excluding hydrogens is 330 g/mol. The molecule has 0 heterocycles. The average Bonchev–Trinajstić information content (AvgIpc) is 3.46. The molecule has 1 atom stereocenters. The molecule has 6 heteroatoms. The van der Waals surface area contributed by atoms with Gasteiger partial charge in [-0.3, -0.25) is 9.59 Å². The van der Waals surface area contributed by atoms with E-state index in [9.17, 15) is 9.59 Å². The Kier molecular flexibility index (Phi) is 5.18. The van der Waals surface area contributed by atoms with Gasteiger partial charge in [-0.2, -0.15) is 5.26 Å². The summed E-state index contributed by atoms with van der Waals surface area (Å²) in [5.41, 5.74) is 1.50. The van der Waals surface area contributed by atoms with Crippen molar-refractivity contribution >= 4 is 17.5 Å². The lowest BCUT2D eigenvalue weighted by atomic mass is 10.2. The Morgan fingerprint density at radius 2 is 1.85 bits per heavy atom. The molecule has 132 valence electrons. The van der Waals surface area contributed by atoms with Crippen LogP contribution in [0.15, 0.2) is 48.5 Å². The number of nitrogens with one attached hydrogen (secondary N) is 2. The summed E-state index contributed by atoms with van der Waals surface area (Å²) in [6.07, 6.45) is 1.29. The Morgan fingerprint density at radius 1 is 1.15 bits per heavy atom. The van der Waals surface area contributed by atoms with Gasteiger partial charge in [0.25, 0.3) is 11.8 Å². The molecule has 2 amide bonds. The van der Waals surface area contributed by atoms with E-state index in [0.29, 0.717) is 28.6 Å². The molecule has 0 aromatic heterocycles. The van der Waals surface area contributed by atoms with Gasteiger partial charge in [0, 0.05) is 17.3 Å². The largest absolute Gasteiger partial charge is 0.480 e. The maximum absolute atomic E-state index is 12.3. The van der Waals surface area contributed by atoms with Gasteiger partial charge in [0.2, 0.25) is 0 Å². The number of amides is 2. The molecule has 2 aromatic rings. The third-order valence-corrected chi connectivity index (χ3v) is 4.01. The Labute approximate surface area is 151 Å². The van der Waals surface area contributed by atoms with Gasteiger partial charge in [-0.15, -0.1) is 0 Å². The second-order valence-electron chi connectivity index (χ2n) is 6.18. The highest BCUT2D eigenvalue weighted by atomic mass is 16.5. The van der Waals surface area contributed by atoms with Crippen molar-refractivity contribution in [2.75, 3.05) is 5.32 Å². The SMILES string of the molecule is CC(Oc1ccccc1C#N)C(=O)Nc1ccc(C(=O)NC2CC2)cc1. The molecule has 2 N–H and O–H groups in total. The first kappa shape index (κ1) is 17.5. The quantitative estimate of drug-likeness (QED) is 0.839. The Bertz CT molecular complexity index is 851. The van der Waals surface area contributed by atoms with E-state index in [1.807, 2.05) is 6.07 Å². The fraction of sp³-hybridized carbons (Fsp3) is 0.250. The molecule has 1 aliphatic rings. The topological polar surface area (TPSA) is 91.2 Å². The van der Waals surface area contributed by atoms with Crippen molar-refractivity contribution in [3.05, 3.63) is 59.7 Å². The number of benzene rings is 2. The molecule has 1 unspecified atom stereocenters. The van der Waals surface area contributed by atoms with Gasteiger partial charge in [-0.05, 0) is 56.2 Å². The van der Waals surface area contributed by atoms with Crippen molar-refractivity contribution < 1.29 is 14.3 Å². The predicted molar refractivity (Wildman–Crippen MR) is 96.8 cm³/mol. The van der Waals surface area contributed by atoms with Crippen LogP contribution in [-0.4, -0.2) is 24.0 Å². The van der Waals surface area contributed by atoms with Crippen molar-refractivity contribution in [1.82, 2.24) is 5.32 Å². The minimum Gasteiger partial charge on any atom is -0.480 e. The highest BCUT2D eigenvalue weighted by Crippen LogP contribution is 2.20. The molecule has 1 aliphatic carbocycles. The molecule has 0 spiro atoms. The fourth-order valence-electron chi connectivity index (χ4n) is 2.35. The first-order valence-electron chi connectivity index (χ1n) is 8.44. The number of anilines is 1. The second kappa shape index (κ2) is 7.70. The van der Waals surface area contributed by atoms with Gasteiger partial charge in [-0.25, -0.2) is 0 Å². The summed E-state index contributed by atoms with van der Waals surface area (Å²) in [5.74, 6) is -0.0761. The van der Waals surface area contributed by atoms with Gasteiger partial charge in [0.05, 0.1) is 5.56 Å². The summed E-state index contributed by atoms with van der Waals surface area (Å²) in [4.78, 5) is 24.2. The molecule has 0 aliphatic heterocycles. The molecule has 0 radical (unpaired) electrons. The van der Waals surface area contributed by atoms with Crippen LogP contribution < -0.4 is 15.4 Å². The van der Waals surface area contributed by atoms with Crippen LogP contribution in [0, 0.1) is 11.3 Å². The monoisotopic (exact) mass is 349 g/mol. The van der Waals surface area contributed by atoms with Crippen LogP contribution in [0.2, 0.25) is 0 Å². The van der Waals surface area contributed by atoms with Crippen molar-refractivity contribution in [3.63, 3.8) is 0 Å². The lowest BCUT2D eigenvalue weighted by molar-refractivity contribution is -0.122. The molecule has 1 saturated carbocycles. The number of nitrogens with zero attached hydrogens (tertiary/aromatic N) is 1. The summed E-state index contributed by atoms with van der Waals surface area (Å²) in [6, 6.07) is 15.8. The molecule has 3 rings (SSSR count). The van der Waals surface area contributed by atoms with E-state index in [1.165, 1.54) is 0 Å². The summed E-state index contributed by atoms with van der Waals surface area (Å²) in [5, 5.41) is 14.7. The Hall–Kier alpha value is -3.33. The highest BCUT2D eigenvalue weighted by Gasteiger charge is 2.23. The maximum atomic E-state index is 12.3. The zero-order valence-electron chi connectivity index (χ0n) is 14.4. The van der Waals surface area contributed by atoms with Crippen LogP contribution in [0.4, 0.5) is 5.69 Å². The number of para-hydroxylation sites is 1. The van der Waals surface area contributed by atoms with Gasteiger partial charge in [-0.1, -0.05) is 12.1 Å². The van der Waals surface area contributed by atoms with Crippen LogP contribution in [0.5, 0.6) is 5.75 Å². The zero-order valence-corrected chi connectivity index (χ0v) is 14.4. The molecule has 0 bridgehead atoms. The van der Waals surface area contributed by atoms with Gasteiger partial charge in [0.15, 0.2) is 6.10 Å². The van der Waals surface area contributed by atoms with E-state index >= 15 is 0 Å². The third kappa shape index (κ3) is 4.39. The maximum Gasteiger partial charge on any atom is 0.265 e. The van der Waals surface area contributed by atoms with Crippen LogP contribution in [-0.2, 0) is 4.79 Å². The summed E-state index contributed by atoms with van der Waals surface area (Å²) < 4.78 is 5.58. The van der Waals surface area contributed by atoms with Crippen LogP contribution in [0.1, 0.15) is 35.7 Å². The first-order valence-corrected chi connectivity index (χ1v) is 8.44. The third-order valence-electron chi connectivity index (χ3n) is 4.01. The predicted octanol–water partition coefficient (Wildman–Crippen LogP) is 2.86. The second-order valence-corrected chi connectivity index (χ2v) is 6.18. The first-order chi connectivity index (χ1) is 12.6. The Balaban J connectivity index is 1.58. The number of carbonyl (C=O) groups is 2. The highest BCUT2D eigenvalue weighted by molar-refractivity contribution is 5.97. The molecule has 26 heavy (non-hydrogen) atoms. The number of ether oxygens (including phenoxy) is 1. The van der Waals surface area contributed by atoms with E-state index in [2.05, 4.69) is 10.6 Å². The molecule has 0 saturated heterocycles. The van der Waals surface area contributed by atoms with Gasteiger partial charge in [0.1, 0.15) is 11.8 Å². The number of carbonyl (C=O) groups excluding carboxylic acids is 2. The minimum atomic E-state index is -0.776. The van der Waals surface area contributed by atoms with Crippen LogP contribution >= 0.6 is 0 Å². The molecule has 1 fully saturated rings. The summed E-state index contributed by atoms with van der Waals surface area (Å²) in [6.45, 7) is 1.61. The molecular formula is C20H19N3O3. The van der Waals surface area contributed by atoms with Crippen molar-refractivity contribution in [1.29, 1.82) is 5.26 Å². The number of nitriles is 1. The van der Waals surface area contributed by atoms with E-state index < -0.39 is 6.10 Å². The normalized spacial score (nSPS) is 14.0. The number of rotatable bonds is 6.